The van der Waals surface area contributed by atoms with Crippen LogP contribution in [0.1, 0.15) is 24.1 Å². The highest BCUT2D eigenvalue weighted by molar-refractivity contribution is 5.92. The van der Waals surface area contributed by atoms with E-state index in [-0.39, 0.29) is 5.84 Å². The highest BCUT2D eigenvalue weighted by atomic mass is 16.5. The third-order valence-electron chi connectivity index (χ3n) is 3.14. The Morgan fingerprint density at radius 3 is 2.04 bits per heavy atom. The van der Waals surface area contributed by atoms with Crippen molar-refractivity contribution in [2.45, 2.75) is 12.8 Å². The van der Waals surface area contributed by atoms with Gasteiger partial charge in [-0.3, -0.25) is 5.41 Å². The summed E-state index contributed by atoms with van der Waals surface area (Å²) in [6.07, 6.45) is 4.62. The van der Waals surface area contributed by atoms with Gasteiger partial charge in [0, 0.05) is 6.21 Å². The Bertz CT molecular complexity index is 642. The minimum Gasteiger partial charge on any atom is -0.494 e. The predicted molar refractivity (Wildman–Crippen MR) is 99.9 cm³/mol. The molecule has 0 aliphatic heterocycles. The number of amidine groups is 1. The molecule has 2 aromatic rings. The van der Waals surface area contributed by atoms with Crippen LogP contribution in [0.5, 0.6) is 11.5 Å². The molecule has 0 bridgehead atoms. The topological polar surface area (TPSA) is 131 Å². The van der Waals surface area contributed by atoms with Crippen LogP contribution in [0, 0.1) is 10.8 Å². The smallest absolute Gasteiger partial charge is 0.141 e. The molecule has 0 aliphatic rings. The van der Waals surface area contributed by atoms with Gasteiger partial charge in [-0.2, -0.15) is 0 Å². The molecule has 1 heterocycles. The summed E-state index contributed by atoms with van der Waals surface area (Å²) in [6.45, 7) is 1.20. The highest BCUT2D eigenvalue weighted by Gasteiger charge is 1.99. The molecule has 1 aromatic carbocycles. The van der Waals surface area contributed by atoms with Gasteiger partial charge in [-0.05, 0) is 61.9 Å². The van der Waals surface area contributed by atoms with Crippen molar-refractivity contribution in [2.24, 2.45) is 11.5 Å². The number of nitrogens with one attached hydrogen (secondary N) is 2. The van der Waals surface area contributed by atoms with E-state index in [1.807, 2.05) is 24.3 Å². The number of pyridine rings is 1. The van der Waals surface area contributed by atoms with Crippen molar-refractivity contribution >= 4 is 12.1 Å². The van der Waals surface area contributed by atoms with Crippen molar-refractivity contribution in [2.75, 3.05) is 20.3 Å². The zero-order valence-corrected chi connectivity index (χ0v) is 14.4. The highest BCUT2D eigenvalue weighted by Crippen LogP contribution is 2.12. The van der Waals surface area contributed by atoms with Crippen LogP contribution in [-0.2, 0) is 0 Å². The van der Waals surface area contributed by atoms with Gasteiger partial charge in [0.1, 0.15) is 23.0 Å². The number of nitrogens with zero attached hydrogens (tertiary/aromatic N) is 1. The van der Waals surface area contributed by atoms with Crippen LogP contribution in [0.25, 0.3) is 0 Å². The van der Waals surface area contributed by atoms with Gasteiger partial charge in [-0.1, -0.05) is 0 Å². The molecule has 0 unspecified atom stereocenters. The van der Waals surface area contributed by atoms with Crippen molar-refractivity contribution in [3.63, 3.8) is 0 Å². The van der Waals surface area contributed by atoms with Crippen LogP contribution < -0.4 is 20.9 Å². The van der Waals surface area contributed by atoms with Gasteiger partial charge in [0.2, 0.25) is 0 Å². The van der Waals surface area contributed by atoms with Gasteiger partial charge in [0.05, 0.1) is 19.4 Å². The van der Waals surface area contributed by atoms with Crippen LogP contribution in [0.3, 0.4) is 0 Å². The fourth-order valence-electron chi connectivity index (χ4n) is 1.87. The Kier molecular flexibility index (Phi) is 9.32. The number of hydrogen-bond donors (Lipinski definition) is 4. The molecule has 0 spiro atoms. The van der Waals surface area contributed by atoms with E-state index >= 15 is 0 Å². The summed E-state index contributed by atoms with van der Waals surface area (Å²) in [5.41, 5.74) is 11.1. The van der Waals surface area contributed by atoms with Crippen LogP contribution in [0.15, 0.2) is 42.6 Å². The van der Waals surface area contributed by atoms with Crippen molar-refractivity contribution in [1.29, 1.82) is 10.8 Å². The molecule has 0 saturated carbocycles. The lowest BCUT2D eigenvalue weighted by atomic mass is 10.2. The average molecular weight is 343 g/mol. The van der Waals surface area contributed by atoms with Crippen molar-refractivity contribution < 1.29 is 9.47 Å². The summed E-state index contributed by atoms with van der Waals surface area (Å²) >= 11 is 0. The summed E-state index contributed by atoms with van der Waals surface area (Å²) < 4.78 is 11.2. The van der Waals surface area contributed by atoms with Crippen LogP contribution in [-0.4, -0.2) is 37.3 Å². The van der Waals surface area contributed by atoms with Crippen molar-refractivity contribution in [3.8, 4) is 11.5 Å². The van der Waals surface area contributed by atoms with Gasteiger partial charge in [-0.15, -0.1) is 0 Å². The van der Waals surface area contributed by atoms with E-state index in [0.29, 0.717) is 24.7 Å². The van der Waals surface area contributed by atoms with Gasteiger partial charge in [0.15, 0.2) is 0 Å². The number of unbranched alkanes of at least 4 members (excludes halogenated alkanes) is 1. The Balaban J connectivity index is 0.00000151. The lowest BCUT2D eigenvalue weighted by Crippen LogP contribution is -2.12. The Morgan fingerprint density at radius 1 is 1.00 bits per heavy atom. The first-order chi connectivity index (χ1) is 12.2. The molecule has 134 valence electrons. The lowest BCUT2D eigenvalue weighted by Gasteiger charge is -2.08. The normalized spacial score (nSPS) is 9.52. The molecule has 0 fully saturated rings. The van der Waals surface area contributed by atoms with E-state index in [9.17, 15) is 0 Å². The first-order valence-corrected chi connectivity index (χ1v) is 7.93. The van der Waals surface area contributed by atoms with E-state index in [1.165, 1.54) is 13.3 Å². The lowest BCUT2D eigenvalue weighted by molar-refractivity contribution is 0.266. The summed E-state index contributed by atoms with van der Waals surface area (Å²) in [6, 6.07) is 10.8. The quantitative estimate of drug-likeness (QED) is 0.315. The molecule has 25 heavy (non-hydrogen) atoms. The molecule has 2 rings (SSSR count). The molecular weight excluding hydrogens is 318 g/mol. The molecule has 1 aromatic heterocycles. The third kappa shape index (κ3) is 7.45. The average Bonchev–Trinajstić information content (AvgIpc) is 2.67. The molecule has 0 radical (unpaired) electrons. The maximum Gasteiger partial charge on any atom is 0.141 e. The molecule has 7 nitrogen and oxygen atoms in total. The van der Waals surface area contributed by atoms with Crippen LogP contribution in [0.4, 0.5) is 0 Å². The summed E-state index contributed by atoms with van der Waals surface area (Å²) in [5.74, 6) is 1.42. The first-order valence-electron chi connectivity index (χ1n) is 7.93. The van der Waals surface area contributed by atoms with Crippen molar-refractivity contribution in [3.05, 3.63) is 53.9 Å². The van der Waals surface area contributed by atoms with E-state index < -0.39 is 0 Å². The maximum atomic E-state index is 7.26. The predicted octanol–water partition coefficient (Wildman–Crippen LogP) is 2.18. The number of aromatic nitrogens is 1. The number of benzene rings is 1. The van der Waals surface area contributed by atoms with Gasteiger partial charge in [0.25, 0.3) is 0 Å². The second-order valence-corrected chi connectivity index (χ2v) is 4.91. The molecule has 0 amide bonds. The number of ether oxygens (including phenoxy) is 2. The molecule has 0 saturated heterocycles. The second kappa shape index (κ2) is 11.6. The fraction of sp³-hybridized carbons (Fsp3) is 0.278. The van der Waals surface area contributed by atoms with Crippen molar-refractivity contribution in [1.82, 2.24) is 4.98 Å². The number of hydrogen-bond acceptors (Lipinski definition) is 6. The first kappa shape index (κ1) is 20.1. The fourth-order valence-corrected chi connectivity index (χ4v) is 1.87. The van der Waals surface area contributed by atoms with Crippen LogP contribution >= 0.6 is 0 Å². The Hall–Kier alpha value is -2.93. The van der Waals surface area contributed by atoms with Gasteiger partial charge < -0.3 is 26.4 Å². The molecule has 6 N–H and O–H groups in total. The van der Waals surface area contributed by atoms with Gasteiger partial charge in [-0.25, -0.2) is 4.98 Å². The van der Waals surface area contributed by atoms with Gasteiger partial charge >= 0.3 is 0 Å². The molecule has 0 aliphatic carbocycles. The maximum absolute atomic E-state index is 7.26. The van der Waals surface area contributed by atoms with E-state index in [0.717, 1.165) is 24.2 Å². The summed E-state index contributed by atoms with van der Waals surface area (Å²) in [7, 11) is 1.50. The molecular formula is C18H25N5O2. The Labute approximate surface area is 148 Å². The van der Waals surface area contributed by atoms with E-state index in [4.69, 9.17) is 26.0 Å². The minimum atomic E-state index is -0.0534. The largest absolute Gasteiger partial charge is 0.494 e. The molecule has 7 heteroatoms. The van der Waals surface area contributed by atoms with E-state index in [2.05, 4.69) is 10.7 Å². The SMILES string of the molecule is CN.N=Cc1ccc(OCCCCOc2ccc(C(=N)N)nc2)cc1. The number of nitrogen functional groups attached to an aromatic ring is 1. The minimum absolute atomic E-state index is 0.0534. The standard InChI is InChI=1S/C17H20N4O2.CH5N/c18-11-13-3-5-14(6-4-13)22-9-1-2-10-23-15-7-8-16(17(19)20)21-12-15;1-2/h3-8,11-12,18H,1-2,9-10H2,(H3,19,20);2H2,1H3. The summed E-state index contributed by atoms with van der Waals surface area (Å²) in [5, 5.41) is 14.4. The van der Waals surface area contributed by atoms with Crippen LogP contribution in [0.2, 0.25) is 0 Å². The number of rotatable bonds is 9. The zero-order chi connectivity index (χ0) is 18.5. The molecule has 0 atom stereocenters. The third-order valence-corrected chi connectivity index (χ3v) is 3.14. The monoisotopic (exact) mass is 343 g/mol. The Morgan fingerprint density at radius 2 is 1.56 bits per heavy atom. The number of nitrogens with two attached hydrogens (primary N) is 2. The summed E-state index contributed by atoms with van der Waals surface area (Å²) in [4.78, 5) is 4.03. The zero-order valence-electron chi connectivity index (χ0n) is 14.4. The van der Waals surface area contributed by atoms with E-state index in [1.54, 1.807) is 18.3 Å². The second-order valence-electron chi connectivity index (χ2n) is 4.91.